The number of rotatable bonds is 4. The maximum absolute atomic E-state index is 13.0. The SMILES string of the molecule is Cc1cc(C)n(-c2nc(Nc3cccc(C(F)(F)F)c3)cc(-n3cccn3)n2)n1. The molecule has 0 amide bonds. The van der Waals surface area contributed by atoms with Crippen LogP contribution in [0.5, 0.6) is 0 Å². The van der Waals surface area contributed by atoms with Crippen LogP contribution in [0.25, 0.3) is 11.8 Å². The van der Waals surface area contributed by atoms with Gasteiger partial charge in [0, 0.05) is 29.8 Å². The zero-order valence-electron chi connectivity index (χ0n) is 15.5. The molecule has 148 valence electrons. The molecule has 0 aliphatic heterocycles. The van der Waals surface area contributed by atoms with Gasteiger partial charge in [-0.2, -0.15) is 33.3 Å². The predicted molar refractivity (Wildman–Crippen MR) is 100 cm³/mol. The summed E-state index contributed by atoms with van der Waals surface area (Å²) in [6, 6.07) is 10.1. The number of alkyl halides is 3. The zero-order valence-corrected chi connectivity index (χ0v) is 15.5. The van der Waals surface area contributed by atoms with Crippen LogP contribution in [0.4, 0.5) is 24.7 Å². The highest BCUT2D eigenvalue weighted by molar-refractivity contribution is 5.59. The van der Waals surface area contributed by atoms with Crippen LogP contribution in [-0.4, -0.2) is 29.5 Å². The molecule has 0 unspecified atom stereocenters. The highest BCUT2D eigenvalue weighted by Crippen LogP contribution is 2.31. The van der Waals surface area contributed by atoms with Gasteiger partial charge >= 0.3 is 6.18 Å². The minimum Gasteiger partial charge on any atom is -0.340 e. The van der Waals surface area contributed by atoms with Gasteiger partial charge < -0.3 is 5.32 Å². The van der Waals surface area contributed by atoms with E-state index in [4.69, 9.17) is 0 Å². The third-order valence-electron chi connectivity index (χ3n) is 4.10. The Balaban J connectivity index is 1.78. The van der Waals surface area contributed by atoms with Crippen molar-refractivity contribution < 1.29 is 13.2 Å². The van der Waals surface area contributed by atoms with Gasteiger partial charge in [0.15, 0.2) is 5.82 Å². The highest BCUT2D eigenvalue weighted by atomic mass is 19.4. The van der Waals surface area contributed by atoms with Crippen molar-refractivity contribution in [2.75, 3.05) is 5.32 Å². The third kappa shape index (κ3) is 3.96. The van der Waals surface area contributed by atoms with Gasteiger partial charge in [0.25, 0.3) is 5.95 Å². The van der Waals surface area contributed by atoms with Crippen molar-refractivity contribution in [1.82, 2.24) is 29.5 Å². The number of hydrogen-bond donors (Lipinski definition) is 1. The average molecular weight is 399 g/mol. The average Bonchev–Trinajstić information content (AvgIpc) is 3.30. The lowest BCUT2D eigenvalue weighted by Gasteiger charge is -2.12. The van der Waals surface area contributed by atoms with Gasteiger partial charge in [-0.15, -0.1) is 0 Å². The molecule has 7 nitrogen and oxygen atoms in total. The van der Waals surface area contributed by atoms with Crippen molar-refractivity contribution in [2.45, 2.75) is 20.0 Å². The largest absolute Gasteiger partial charge is 0.416 e. The van der Waals surface area contributed by atoms with Crippen LogP contribution in [0.3, 0.4) is 0 Å². The molecule has 0 saturated heterocycles. The van der Waals surface area contributed by atoms with Gasteiger partial charge in [-0.05, 0) is 44.2 Å². The number of aromatic nitrogens is 6. The minimum atomic E-state index is -4.43. The summed E-state index contributed by atoms with van der Waals surface area (Å²) in [5, 5.41) is 11.5. The quantitative estimate of drug-likeness (QED) is 0.556. The van der Waals surface area contributed by atoms with Crippen LogP contribution in [0.15, 0.2) is 54.9 Å². The van der Waals surface area contributed by atoms with E-state index in [0.29, 0.717) is 11.6 Å². The fourth-order valence-electron chi connectivity index (χ4n) is 2.86. The second-order valence-electron chi connectivity index (χ2n) is 6.40. The Bertz CT molecular complexity index is 1150. The molecular formula is C19H16F3N7. The maximum atomic E-state index is 13.0. The smallest absolute Gasteiger partial charge is 0.340 e. The Morgan fingerprint density at radius 2 is 1.83 bits per heavy atom. The molecule has 0 aliphatic rings. The van der Waals surface area contributed by atoms with Gasteiger partial charge in [0.1, 0.15) is 5.82 Å². The monoisotopic (exact) mass is 399 g/mol. The second-order valence-corrected chi connectivity index (χ2v) is 6.40. The van der Waals surface area contributed by atoms with E-state index in [1.807, 2.05) is 19.9 Å². The summed E-state index contributed by atoms with van der Waals surface area (Å²) in [5.74, 6) is 1.03. The lowest BCUT2D eigenvalue weighted by Crippen LogP contribution is -2.11. The number of benzene rings is 1. The minimum absolute atomic E-state index is 0.254. The van der Waals surface area contributed by atoms with Gasteiger partial charge in [0.2, 0.25) is 0 Å². The maximum Gasteiger partial charge on any atom is 0.416 e. The Labute approximate surface area is 163 Å². The van der Waals surface area contributed by atoms with E-state index in [0.717, 1.165) is 23.5 Å². The molecule has 3 aromatic heterocycles. The lowest BCUT2D eigenvalue weighted by molar-refractivity contribution is -0.137. The summed E-state index contributed by atoms with van der Waals surface area (Å²) in [5.41, 5.74) is 1.12. The Morgan fingerprint density at radius 3 is 2.48 bits per heavy atom. The van der Waals surface area contributed by atoms with Gasteiger partial charge in [-0.25, -0.2) is 9.36 Å². The van der Waals surface area contributed by atoms with Crippen LogP contribution >= 0.6 is 0 Å². The van der Waals surface area contributed by atoms with E-state index in [1.165, 1.54) is 16.8 Å². The molecule has 0 radical (unpaired) electrons. The fourth-order valence-corrected chi connectivity index (χ4v) is 2.86. The fraction of sp³-hybridized carbons (Fsp3) is 0.158. The first-order chi connectivity index (χ1) is 13.8. The van der Waals surface area contributed by atoms with Crippen LogP contribution < -0.4 is 5.32 Å². The molecule has 0 spiro atoms. The number of aryl methyl sites for hydroxylation is 2. The van der Waals surface area contributed by atoms with Crippen LogP contribution in [0.2, 0.25) is 0 Å². The van der Waals surface area contributed by atoms with Gasteiger partial charge in [-0.3, -0.25) is 0 Å². The summed E-state index contributed by atoms with van der Waals surface area (Å²) >= 11 is 0. The van der Waals surface area contributed by atoms with Crippen LogP contribution in [0.1, 0.15) is 17.0 Å². The summed E-state index contributed by atoms with van der Waals surface area (Å²) in [4.78, 5) is 8.92. The molecule has 0 bridgehead atoms. The Morgan fingerprint density at radius 1 is 1.00 bits per heavy atom. The lowest BCUT2D eigenvalue weighted by atomic mass is 10.2. The number of halogens is 3. The highest BCUT2D eigenvalue weighted by Gasteiger charge is 2.30. The number of hydrogen-bond acceptors (Lipinski definition) is 5. The van der Waals surface area contributed by atoms with Crippen molar-refractivity contribution in [3.63, 3.8) is 0 Å². The summed E-state index contributed by atoms with van der Waals surface area (Å²) in [6.45, 7) is 3.71. The standard InChI is InChI=1S/C19H16F3N7/c1-12-9-13(2)29(27-12)18-25-16(11-17(26-18)28-8-4-7-23-28)24-15-6-3-5-14(10-15)19(20,21)22/h3-11H,1-2H3,(H,24,25,26). The molecule has 1 aromatic carbocycles. The van der Waals surface area contributed by atoms with Crippen molar-refractivity contribution in [3.05, 3.63) is 71.8 Å². The predicted octanol–water partition coefficient (Wildman–Crippen LogP) is 4.23. The molecule has 10 heteroatoms. The van der Waals surface area contributed by atoms with Crippen molar-refractivity contribution in [2.24, 2.45) is 0 Å². The molecule has 0 atom stereocenters. The van der Waals surface area contributed by atoms with E-state index in [1.54, 1.807) is 29.2 Å². The van der Waals surface area contributed by atoms with E-state index in [9.17, 15) is 13.2 Å². The summed E-state index contributed by atoms with van der Waals surface area (Å²) in [7, 11) is 0. The van der Waals surface area contributed by atoms with Crippen LogP contribution in [-0.2, 0) is 6.18 Å². The number of anilines is 2. The molecule has 0 fully saturated rings. The van der Waals surface area contributed by atoms with E-state index < -0.39 is 11.7 Å². The van der Waals surface area contributed by atoms with E-state index >= 15 is 0 Å². The topological polar surface area (TPSA) is 73.5 Å². The number of nitrogens with one attached hydrogen (secondary N) is 1. The Hall–Kier alpha value is -3.69. The summed E-state index contributed by atoms with van der Waals surface area (Å²) < 4.78 is 42.1. The third-order valence-corrected chi connectivity index (χ3v) is 4.10. The Kier molecular flexibility index (Phi) is 4.53. The van der Waals surface area contributed by atoms with Crippen LogP contribution in [0, 0.1) is 13.8 Å². The van der Waals surface area contributed by atoms with E-state index in [-0.39, 0.29) is 11.6 Å². The molecule has 4 aromatic rings. The first-order valence-corrected chi connectivity index (χ1v) is 8.66. The molecule has 0 saturated carbocycles. The van der Waals surface area contributed by atoms with Crippen molar-refractivity contribution in [1.29, 1.82) is 0 Å². The van der Waals surface area contributed by atoms with Crippen molar-refractivity contribution >= 4 is 11.5 Å². The zero-order chi connectivity index (χ0) is 20.6. The molecular weight excluding hydrogens is 383 g/mol. The van der Waals surface area contributed by atoms with E-state index in [2.05, 4.69) is 25.5 Å². The summed E-state index contributed by atoms with van der Waals surface area (Å²) in [6.07, 6.45) is -1.12. The van der Waals surface area contributed by atoms with Gasteiger partial charge in [0.05, 0.1) is 11.3 Å². The van der Waals surface area contributed by atoms with Gasteiger partial charge in [-0.1, -0.05) is 6.07 Å². The first kappa shape index (κ1) is 18.7. The molecule has 3 heterocycles. The van der Waals surface area contributed by atoms with Crippen molar-refractivity contribution in [3.8, 4) is 11.8 Å². The first-order valence-electron chi connectivity index (χ1n) is 8.66. The molecule has 1 N–H and O–H groups in total. The number of nitrogens with zero attached hydrogens (tertiary/aromatic N) is 6. The normalized spacial score (nSPS) is 11.6. The molecule has 0 aliphatic carbocycles. The second kappa shape index (κ2) is 7.04. The molecule has 29 heavy (non-hydrogen) atoms. The molecule has 4 rings (SSSR count).